The first-order chi connectivity index (χ1) is 8.96. The second kappa shape index (κ2) is 7.33. The topological polar surface area (TPSA) is 87.7 Å². The van der Waals surface area contributed by atoms with Crippen molar-refractivity contribution in [1.82, 2.24) is 10.6 Å². The van der Waals surface area contributed by atoms with Crippen LogP contribution in [0.2, 0.25) is 0 Å². The molecule has 0 aromatic carbocycles. The zero-order valence-corrected chi connectivity index (χ0v) is 11.7. The van der Waals surface area contributed by atoms with Crippen LogP contribution < -0.4 is 10.6 Å². The number of hydrogen-bond acceptors (Lipinski definition) is 3. The Morgan fingerprint density at radius 1 is 1.32 bits per heavy atom. The molecule has 2 amide bonds. The summed E-state index contributed by atoms with van der Waals surface area (Å²) < 4.78 is 5.32. The van der Waals surface area contributed by atoms with Gasteiger partial charge in [-0.25, -0.2) is 4.79 Å². The minimum atomic E-state index is -0.820. The summed E-state index contributed by atoms with van der Waals surface area (Å²) in [5.74, 6) is -0.345. The van der Waals surface area contributed by atoms with Gasteiger partial charge in [-0.2, -0.15) is 0 Å². The van der Waals surface area contributed by atoms with Crippen LogP contribution in [-0.2, 0) is 9.53 Å². The van der Waals surface area contributed by atoms with Crippen molar-refractivity contribution in [3.05, 3.63) is 0 Å². The van der Waals surface area contributed by atoms with Gasteiger partial charge in [0.2, 0.25) is 0 Å². The predicted molar refractivity (Wildman–Crippen MR) is 71.0 cm³/mol. The SMILES string of the molecule is CC(C)COCCNC(=O)NCC1(C(=O)O)CCC1. The van der Waals surface area contributed by atoms with Gasteiger partial charge in [-0.3, -0.25) is 4.79 Å². The average molecular weight is 272 g/mol. The van der Waals surface area contributed by atoms with Crippen LogP contribution >= 0.6 is 0 Å². The molecule has 1 aliphatic carbocycles. The molecule has 0 aromatic rings. The maximum Gasteiger partial charge on any atom is 0.314 e. The van der Waals surface area contributed by atoms with Crippen LogP contribution in [0.4, 0.5) is 4.79 Å². The van der Waals surface area contributed by atoms with Crippen molar-refractivity contribution in [1.29, 1.82) is 0 Å². The van der Waals surface area contributed by atoms with Crippen LogP contribution in [-0.4, -0.2) is 43.4 Å². The zero-order valence-electron chi connectivity index (χ0n) is 11.7. The Balaban J connectivity index is 2.09. The van der Waals surface area contributed by atoms with Crippen LogP contribution in [0.1, 0.15) is 33.1 Å². The van der Waals surface area contributed by atoms with Crippen LogP contribution in [0.25, 0.3) is 0 Å². The summed E-state index contributed by atoms with van der Waals surface area (Å²) in [6.45, 7) is 5.88. The average Bonchev–Trinajstić information content (AvgIpc) is 2.26. The van der Waals surface area contributed by atoms with E-state index in [0.29, 0.717) is 38.5 Å². The van der Waals surface area contributed by atoms with Gasteiger partial charge in [0.25, 0.3) is 0 Å². The molecule has 19 heavy (non-hydrogen) atoms. The Morgan fingerprint density at radius 2 is 2.00 bits per heavy atom. The third-order valence-corrected chi connectivity index (χ3v) is 3.33. The van der Waals surface area contributed by atoms with Gasteiger partial charge in [0.1, 0.15) is 0 Å². The highest BCUT2D eigenvalue weighted by Crippen LogP contribution is 2.40. The number of carbonyl (C=O) groups excluding carboxylic acids is 1. The largest absolute Gasteiger partial charge is 0.481 e. The van der Waals surface area contributed by atoms with E-state index < -0.39 is 11.4 Å². The summed E-state index contributed by atoms with van der Waals surface area (Å²) in [4.78, 5) is 22.6. The highest BCUT2D eigenvalue weighted by atomic mass is 16.5. The number of amides is 2. The predicted octanol–water partition coefficient (Wildman–Crippen LogP) is 1.21. The molecule has 0 heterocycles. The third-order valence-electron chi connectivity index (χ3n) is 3.33. The molecular weight excluding hydrogens is 248 g/mol. The first kappa shape index (κ1) is 15.8. The molecule has 0 atom stereocenters. The van der Waals surface area contributed by atoms with E-state index in [0.717, 1.165) is 6.42 Å². The standard InChI is InChI=1S/C13H24N2O4/c1-10(2)8-19-7-6-14-12(18)15-9-13(11(16)17)4-3-5-13/h10H,3-9H2,1-2H3,(H,16,17)(H2,14,15,18). The van der Waals surface area contributed by atoms with Gasteiger partial charge in [-0.1, -0.05) is 20.3 Å². The molecule has 0 unspecified atom stereocenters. The van der Waals surface area contributed by atoms with E-state index in [1.54, 1.807) is 0 Å². The molecule has 1 aliphatic rings. The molecule has 1 saturated carbocycles. The van der Waals surface area contributed by atoms with E-state index >= 15 is 0 Å². The summed E-state index contributed by atoms with van der Waals surface area (Å²) in [6.07, 6.45) is 2.19. The molecule has 3 N–H and O–H groups in total. The van der Waals surface area contributed by atoms with E-state index in [-0.39, 0.29) is 12.6 Å². The highest BCUT2D eigenvalue weighted by Gasteiger charge is 2.44. The molecule has 6 heteroatoms. The lowest BCUT2D eigenvalue weighted by molar-refractivity contribution is -0.153. The Hall–Kier alpha value is -1.30. The number of hydrogen-bond donors (Lipinski definition) is 3. The fourth-order valence-electron chi connectivity index (χ4n) is 1.94. The Labute approximate surface area is 113 Å². The number of urea groups is 1. The lowest BCUT2D eigenvalue weighted by Crippen LogP contribution is -2.50. The molecule has 0 aromatic heterocycles. The fraction of sp³-hybridized carbons (Fsp3) is 0.846. The molecule has 0 bridgehead atoms. The molecular formula is C13H24N2O4. The lowest BCUT2D eigenvalue weighted by atomic mass is 9.69. The molecule has 0 spiro atoms. The first-order valence-corrected chi connectivity index (χ1v) is 6.79. The van der Waals surface area contributed by atoms with Gasteiger partial charge in [-0.05, 0) is 18.8 Å². The van der Waals surface area contributed by atoms with E-state index in [1.807, 2.05) is 0 Å². The molecule has 6 nitrogen and oxygen atoms in total. The fourth-order valence-corrected chi connectivity index (χ4v) is 1.94. The number of ether oxygens (including phenoxy) is 1. The van der Waals surface area contributed by atoms with Crippen LogP contribution in [0.5, 0.6) is 0 Å². The van der Waals surface area contributed by atoms with Gasteiger partial charge in [0, 0.05) is 19.7 Å². The molecule has 1 rings (SSSR count). The van der Waals surface area contributed by atoms with Crippen LogP contribution in [0.15, 0.2) is 0 Å². The third kappa shape index (κ3) is 5.06. The van der Waals surface area contributed by atoms with Crippen molar-refractivity contribution in [3.63, 3.8) is 0 Å². The minimum Gasteiger partial charge on any atom is -0.481 e. The monoisotopic (exact) mass is 272 g/mol. The van der Waals surface area contributed by atoms with E-state index in [1.165, 1.54) is 0 Å². The number of carbonyl (C=O) groups is 2. The van der Waals surface area contributed by atoms with Gasteiger partial charge in [0.05, 0.1) is 12.0 Å². The summed E-state index contributed by atoms with van der Waals surface area (Å²) in [5.41, 5.74) is -0.745. The van der Waals surface area contributed by atoms with Crippen molar-refractivity contribution in [2.24, 2.45) is 11.3 Å². The molecule has 0 radical (unpaired) electrons. The zero-order chi connectivity index (χ0) is 14.3. The van der Waals surface area contributed by atoms with Gasteiger partial charge in [-0.15, -0.1) is 0 Å². The second-order valence-electron chi connectivity index (χ2n) is 5.52. The lowest BCUT2D eigenvalue weighted by Gasteiger charge is -2.37. The van der Waals surface area contributed by atoms with Gasteiger partial charge >= 0.3 is 12.0 Å². The Kier molecular flexibility index (Phi) is 6.08. The maximum absolute atomic E-state index is 11.5. The summed E-state index contributed by atoms with van der Waals surface area (Å²) in [5, 5.41) is 14.4. The second-order valence-corrected chi connectivity index (χ2v) is 5.52. The van der Waals surface area contributed by atoms with E-state index in [2.05, 4.69) is 24.5 Å². The number of carboxylic acids is 1. The van der Waals surface area contributed by atoms with Crippen LogP contribution in [0, 0.1) is 11.3 Å². The number of carboxylic acid groups (broad SMARTS) is 1. The Morgan fingerprint density at radius 3 is 2.47 bits per heavy atom. The maximum atomic E-state index is 11.5. The van der Waals surface area contributed by atoms with E-state index in [4.69, 9.17) is 9.84 Å². The van der Waals surface area contributed by atoms with Gasteiger partial charge in [0.15, 0.2) is 0 Å². The van der Waals surface area contributed by atoms with E-state index in [9.17, 15) is 9.59 Å². The molecule has 110 valence electrons. The minimum absolute atomic E-state index is 0.195. The van der Waals surface area contributed by atoms with Crippen molar-refractivity contribution < 1.29 is 19.4 Å². The van der Waals surface area contributed by atoms with Crippen molar-refractivity contribution >= 4 is 12.0 Å². The molecule has 1 fully saturated rings. The highest BCUT2D eigenvalue weighted by molar-refractivity contribution is 5.78. The van der Waals surface area contributed by atoms with Crippen molar-refractivity contribution in [2.75, 3.05) is 26.3 Å². The number of aliphatic carboxylic acids is 1. The molecule has 0 aliphatic heterocycles. The molecule has 0 saturated heterocycles. The smallest absolute Gasteiger partial charge is 0.314 e. The first-order valence-electron chi connectivity index (χ1n) is 6.79. The summed E-state index contributed by atoms with van der Waals surface area (Å²) in [6, 6.07) is -0.333. The summed E-state index contributed by atoms with van der Waals surface area (Å²) in [7, 11) is 0. The van der Waals surface area contributed by atoms with Crippen molar-refractivity contribution in [3.8, 4) is 0 Å². The summed E-state index contributed by atoms with van der Waals surface area (Å²) >= 11 is 0. The normalized spacial score (nSPS) is 16.8. The van der Waals surface area contributed by atoms with Crippen LogP contribution in [0.3, 0.4) is 0 Å². The van der Waals surface area contributed by atoms with Gasteiger partial charge < -0.3 is 20.5 Å². The quantitative estimate of drug-likeness (QED) is 0.580. The van der Waals surface area contributed by atoms with Crippen molar-refractivity contribution in [2.45, 2.75) is 33.1 Å². The number of nitrogens with one attached hydrogen (secondary N) is 2. The Bertz CT molecular complexity index is 314. The number of rotatable bonds is 8.